The fourth-order valence-electron chi connectivity index (χ4n) is 2.58. The fourth-order valence-corrected chi connectivity index (χ4v) is 2.58. The van der Waals surface area contributed by atoms with Crippen LogP contribution in [0.15, 0.2) is 12.1 Å². The normalized spacial score (nSPS) is 19.2. The molecule has 4 nitrogen and oxygen atoms in total. The van der Waals surface area contributed by atoms with E-state index in [1.54, 1.807) is 12.1 Å². The number of carbonyl (C=O) groups is 1. The number of aromatic carboxylic acids is 1. The molecule has 1 aliphatic rings. The van der Waals surface area contributed by atoms with E-state index in [-0.39, 0.29) is 0 Å². The average molecular weight is 262 g/mol. The molecule has 0 aromatic carbocycles. The van der Waals surface area contributed by atoms with Gasteiger partial charge in [0.2, 0.25) is 0 Å². The predicted octanol–water partition coefficient (Wildman–Crippen LogP) is 2.82. The van der Waals surface area contributed by atoms with Gasteiger partial charge in [-0.2, -0.15) is 0 Å². The number of aryl methyl sites for hydroxylation is 1. The quantitative estimate of drug-likeness (QED) is 0.906. The Bertz CT molecular complexity index is 471. The summed E-state index contributed by atoms with van der Waals surface area (Å²) in [6, 6.07) is 3.37. The molecule has 1 saturated heterocycles. The zero-order chi connectivity index (χ0) is 14.0. The summed E-state index contributed by atoms with van der Waals surface area (Å²) in [7, 11) is 0. The van der Waals surface area contributed by atoms with Crippen LogP contribution in [0.1, 0.15) is 43.2 Å². The molecule has 1 atom stereocenters. The van der Waals surface area contributed by atoms with Crippen LogP contribution in [0.25, 0.3) is 0 Å². The van der Waals surface area contributed by atoms with Crippen LogP contribution in [0.5, 0.6) is 0 Å². The first-order valence-corrected chi connectivity index (χ1v) is 7.00. The second-order valence-electron chi connectivity index (χ2n) is 5.60. The van der Waals surface area contributed by atoms with Gasteiger partial charge in [-0.05, 0) is 36.8 Å². The number of anilines is 1. The van der Waals surface area contributed by atoms with Gasteiger partial charge in [0.15, 0.2) is 0 Å². The Labute approximate surface area is 114 Å². The van der Waals surface area contributed by atoms with Crippen LogP contribution in [0, 0.1) is 11.8 Å². The van der Waals surface area contributed by atoms with Gasteiger partial charge >= 0.3 is 5.97 Å². The number of hydrogen-bond acceptors (Lipinski definition) is 3. The molecule has 104 valence electrons. The standard InChI is InChI=1S/C15H22N2O2/c1-4-13-7-12(15(18)19)8-14(16-13)17-6-5-11(9-17)10(2)3/h7-8,10-11H,4-6,9H2,1-3H3,(H,18,19). The van der Waals surface area contributed by atoms with Crippen molar-refractivity contribution in [1.82, 2.24) is 4.98 Å². The van der Waals surface area contributed by atoms with Gasteiger partial charge in [0.05, 0.1) is 5.56 Å². The van der Waals surface area contributed by atoms with E-state index in [1.165, 1.54) is 0 Å². The SMILES string of the molecule is CCc1cc(C(=O)O)cc(N2CCC(C(C)C)C2)n1. The Hall–Kier alpha value is -1.58. The summed E-state index contributed by atoms with van der Waals surface area (Å²) in [5.41, 5.74) is 1.19. The number of pyridine rings is 1. The van der Waals surface area contributed by atoms with Crippen LogP contribution >= 0.6 is 0 Å². The second-order valence-corrected chi connectivity index (χ2v) is 5.60. The van der Waals surface area contributed by atoms with Crippen LogP contribution in [0.4, 0.5) is 5.82 Å². The zero-order valence-corrected chi connectivity index (χ0v) is 11.9. The summed E-state index contributed by atoms with van der Waals surface area (Å²) in [5.74, 6) is 1.29. The van der Waals surface area contributed by atoms with Gasteiger partial charge in [0.1, 0.15) is 5.82 Å². The third kappa shape index (κ3) is 3.06. The van der Waals surface area contributed by atoms with E-state index >= 15 is 0 Å². The monoisotopic (exact) mass is 262 g/mol. The third-order valence-electron chi connectivity index (χ3n) is 3.97. The zero-order valence-electron chi connectivity index (χ0n) is 11.9. The van der Waals surface area contributed by atoms with Crippen molar-refractivity contribution in [3.8, 4) is 0 Å². The molecule has 0 bridgehead atoms. The molecule has 2 rings (SSSR count). The first kappa shape index (κ1) is 13.8. The highest BCUT2D eigenvalue weighted by Gasteiger charge is 2.26. The molecule has 2 heterocycles. The average Bonchev–Trinajstić information content (AvgIpc) is 2.87. The van der Waals surface area contributed by atoms with Crippen LogP contribution in [-0.4, -0.2) is 29.1 Å². The summed E-state index contributed by atoms with van der Waals surface area (Å²) in [4.78, 5) is 18.0. The molecular weight excluding hydrogens is 240 g/mol. The number of rotatable bonds is 4. The number of carboxylic acids is 1. The van der Waals surface area contributed by atoms with Crippen molar-refractivity contribution < 1.29 is 9.90 Å². The first-order chi connectivity index (χ1) is 9.01. The molecular formula is C15H22N2O2. The minimum atomic E-state index is -0.877. The second kappa shape index (κ2) is 5.59. The molecule has 1 aliphatic heterocycles. The van der Waals surface area contributed by atoms with E-state index in [1.807, 2.05) is 6.92 Å². The lowest BCUT2D eigenvalue weighted by molar-refractivity contribution is 0.0696. The molecule has 1 aromatic heterocycles. The molecule has 0 aliphatic carbocycles. The molecule has 4 heteroatoms. The highest BCUT2D eigenvalue weighted by molar-refractivity contribution is 5.88. The number of aromatic nitrogens is 1. The van der Waals surface area contributed by atoms with Crippen molar-refractivity contribution >= 4 is 11.8 Å². The van der Waals surface area contributed by atoms with Gasteiger partial charge in [-0.25, -0.2) is 9.78 Å². The smallest absolute Gasteiger partial charge is 0.335 e. The topological polar surface area (TPSA) is 53.4 Å². The van der Waals surface area contributed by atoms with Gasteiger partial charge in [-0.1, -0.05) is 20.8 Å². The maximum Gasteiger partial charge on any atom is 0.335 e. The highest BCUT2D eigenvalue weighted by Crippen LogP contribution is 2.28. The van der Waals surface area contributed by atoms with Gasteiger partial charge < -0.3 is 10.0 Å². The third-order valence-corrected chi connectivity index (χ3v) is 3.97. The molecule has 0 spiro atoms. The Morgan fingerprint density at radius 3 is 2.79 bits per heavy atom. The maximum atomic E-state index is 11.2. The minimum Gasteiger partial charge on any atom is -0.478 e. The molecule has 1 fully saturated rings. The van der Waals surface area contributed by atoms with Gasteiger partial charge in [0, 0.05) is 18.8 Å². The molecule has 1 unspecified atom stereocenters. The first-order valence-electron chi connectivity index (χ1n) is 7.00. The lowest BCUT2D eigenvalue weighted by Gasteiger charge is -2.20. The van der Waals surface area contributed by atoms with Crippen molar-refractivity contribution in [3.63, 3.8) is 0 Å². The van der Waals surface area contributed by atoms with E-state index in [9.17, 15) is 4.79 Å². The Morgan fingerprint density at radius 2 is 2.26 bits per heavy atom. The van der Waals surface area contributed by atoms with Crippen molar-refractivity contribution in [2.75, 3.05) is 18.0 Å². The van der Waals surface area contributed by atoms with Gasteiger partial charge in [0.25, 0.3) is 0 Å². The number of nitrogens with zero attached hydrogens (tertiary/aromatic N) is 2. The Morgan fingerprint density at radius 1 is 1.53 bits per heavy atom. The van der Waals surface area contributed by atoms with E-state index in [0.717, 1.165) is 37.4 Å². The molecule has 0 saturated carbocycles. The maximum absolute atomic E-state index is 11.2. The summed E-state index contributed by atoms with van der Waals surface area (Å²) < 4.78 is 0. The van der Waals surface area contributed by atoms with Crippen molar-refractivity contribution in [2.45, 2.75) is 33.6 Å². The Kier molecular flexibility index (Phi) is 4.08. The van der Waals surface area contributed by atoms with Crippen molar-refractivity contribution in [3.05, 3.63) is 23.4 Å². The lowest BCUT2D eigenvalue weighted by atomic mass is 9.95. The van der Waals surface area contributed by atoms with Crippen LogP contribution in [0.2, 0.25) is 0 Å². The molecule has 0 amide bonds. The molecule has 0 radical (unpaired) electrons. The lowest BCUT2D eigenvalue weighted by Crippen LogP contribution is -2.23. The van der Waals surface area contributed by atoms with E-state index in [4.69, 9.17) is 5.11 Å². The summed E-state index contributed by atoms with van der Waals surface area (Å²) in [6.07, 6.45) is 1.92. The minimum absolute atomic E-state index is 0.342. The van der Waals surface area contributed by atoms with Crippen molar-refractivity contribution in [2.24, 2.45) is 11.8 Å². The van der Waals surface area contributed by atoms with Crippen LogP contribution in [-0.2, 0) is 6.42 Å². The Balaban J connectivity index is 2.25. The van der Waals surface area contributed by atoms with E-state index in [0.29, 0.717) is 17.4 Å². The van der Waals surface area contributed by atoms with Gasteiger partial charge in [-0.3, -0.25) is 0 Å². The molecule has 1 N–H and O–H groups in total. The van der Waals surface area contributed by atoms with E-state index in [2.05, 4.69) is 23.7 Å². The number of hydrogen-bond donors (Lipinski definition) is 1. The largest absolute Gasteiger partial charge is 0.478 e. The van der Waals surface area contributed by atoms with Crippen molar-refractivity contribution in [1.29, 1.82) is 0 Å². The molecule has 19 heavy (non-hydrogen) atoms. The van der Waals surface area contributed by atoms with E-state index < -0.39 is 5.97 Å². The fraction of sp³-hybridized carbons (Fsp3) is 0.600. The van der Waals surface area contributed by atoms with Crippen LogP contribution in [0.3, 0.4) is 0 Å². The number of carboxylic acid groups (broad SMARTS) is 1. The summed E-state index contributed by atoms with van der Waals surface area (Å²) >= 11 is 0. The van der Waals surface area contributed by atoms with Gasteiger partial charge in [-0.15, -0.1) is 0 Å². The summed E-state index contributed by atoms with van der Waals surface area (Å²) in [6.45, 7) is 8.44. The van der Waals surface area contributed by atoms with Crippen LogP contribution < -0.4 is 4.90 Å². The summed E-state index contributed by atoms with van der Waals surface area (Å²) in [5, 5.41) is 9.17. The highest BCUT2D eigenvalue weighted by atomic mass is 16.4. The molecule has 1 aromatic rings. The predicted molar refractivity (Wildman–Crippen MR) is 75.7 cm³/mol.